The number of rotatable bonds is 5. The number of nitrogens with one attached hydrogen (secondary N) is 3. The number of hydrogen-bond acceptors (Lipinski definition) is 4. The maximum atomic E-state index is 12.4. The number of aromatic amines is 1. The van der Waals surface area contributed by atoms with E-state index >= 15 is 0 Å². The molecule has 0 fully saturated rings. The van der Waals surface area contributed by atoms with E-state index in [4.69, 9.17) is 5.73 Å². The first-order valence-corrected chi connectivity index (χ1v) is 10.5. The summed E-state index contributed by atoms with van der Waals surface area (Å²) in [4.78, 5) is 35.2. The smallest absolute Gasteiger partial charge is 0.323 e. The molecule has 3 aromatic carbocycles. The minimum absolute atomic E-state index is 0.341. The number of urea groups is 1. The number of fused-ring (bicyclic) bond motifs is 1. The molecule has 2 aromatic heterocycles. The molecule has 2 heterocycles. The second-order valence-corrected chi connectivity index (χ2v) is 7.64. The Bertz CT molecular complexity index is 1470. The predicted octanol–water partition coefficient (Wildman–Crippen LogP) is 5.03. The number of benzene rings is 3. The van der Waals surface area contributed by atoms with Crippen LogP contribution >= 0.6 is 0 Å². The second kappa shape index (κ2) is 8.87. The van der Waals surface area contributed by atoms with Gasteiger partial charge in [-0.1, -0.05) is 36.4 Å². The molecule has 8 nitrogen and oxygen atoms in total. The summed E-state index contributed by atoms with van der Waals surface area (Å²) in [6.45, 7) is 0. The molecule has 3 amide bonds. The van der Waals surface area contributed by atoms with Crippen molar-refractivity contribution in [2.24, 2.45) is 5.73 Å². The molecule has 0 saturated heterocycles. The van der Waals surface area contributed by atoms with Crippen molar-refractivity contribution in [3.63, 3.8) is 0 Å². The fraction of sp³-hybridized carbons (Fsp3) is 0. The van der Waals surface area contributed by atoms with Crippen molar-refractivity contribution in [1.29, 1.82) is 0 Å². The standard InChI is InChI=1S/C26H20N6O2/c27-24(33)19-3-1-16(2-4-19)17-5-9-20(10-6-17)31-26(34)32-21-11-7-18(8-12-21)22-13-14-28-25-23(22)29-15-30-25/h1-15H,(H2,27,33)(H,28,29,30)(H2,31,32,34). The number of pyridine rings is 1. The van der Waals surface area contributed by atoms with Crippen LogP contribution in [0.3, 0.4) is 0 Å². The molecular formula is C26H20N6O2. The number of nitrogens with two attached hydrogens (primary N) is 1. The number of aromatic nitrogens is 3. The lowest BCUT2D eigenvalue weighted by atomic mass is 10.0. The van der Waals surface area contributed by atoms with E-state index in [1.165, 1.54) is 0 Å². The van der Waals surface area contributed by atoms with Crippen molar-refractivity contribution < 1.29 is 9.59 Å². The average Bonchev–Trinajstić information content (AvgIpc) is 3.34. The lowest BCUT2D eigenvalue weighted by molar-refractivity contribution is 0.100. The van der Waals surface area contributed by atoms with Gasteiger partial charge in [0.2, 0.25) is 5.91 Å². The number of imidazole rings is 1. The maximum Gasteiger partial charge on any atom is 0.323 e. The first kappa shape index (κ1) is 20.9. The molecule has 166 valence electrons. The van der Waals surface area contributed by atoms with Gasteiger partial charge in [-0.15, -0.1) is 0 Å². The normalized spacial score (nSPS) is 10.7. The number of nitrogens with zero attached hydrogens (tertiary/aromatic N) is 2. The van der Waals surface area contributed by atoms with E-state index in [1.54, 1.807) is 24.7 Å². The highest BCUT2D eigenvalue weighted by Crippen LogP contribution is 2.27. The molecule has 0 aliphatic rings. The molecule has 0 bridgehead atoms. The summed E-state index contributed by atoms with van der Waals surface area (Å²) in [5, 5.41) is 5.67. The Morgan fingerprint density at radius 3 is 1.85 bits per heavy atom. The van der Waals surface area contributed by atoms with E-state index in [-0.39, 0.29) is 6.03 Å². The third-order valence-corrected chi connectivity index (χ3v) is 5.43. The summed E-state index contributed by atoms with van der Waals surface area (Å²) in [6, 6.07) is 23.6. The van der Waals surface area contributed by atoms with Gasteiger partial charge in [0.15, 0.2) is 5.65 Å². The van der Waals surface area contributed by atoms with Crippen molar-refractivity contribution in [2.45, 2.75) is 0 Å². The quantitative estimate of drug-likeness (QED) is 0.301. The number of amides is 3. The Kier molecular flexibility index (Phi) is 5.45. The Labute approximate surface area is 194 Å². The van der Waals surface area contributed by atoms with Gasteiger partial charge in [0.25, 0.3) is 0 Å². The lowest BCUT2D eigenvalue weighted by Gasteiger charge is -2.10. The Hall–Kier alpha value is -4.98. The minimum atomic E-state index is -0.459. The summed E-state index contributed by atoms with van der Waals surface area (Å²) >= 11 is 0. The van der Waals surface area contributed by atoms with E-state index in [0.29, 0.717) is 22.6 Å². The molecule has 0 atom stereocenters. The van der Waals surface area contributed by atoms with Crippen LogP contribution in [-0.4, -0.2) is 26.9 Å². The predicted molar refractivity (Wildman–Crippen MR) is 132 cm³/mol. The minimum Gasteiger partial charge on any atom is -0.366 e. The highest BCUT2D eigenvalue weighted by atomic mass is 16.2. The van der Waals surface area contributed by atoms with Gasteiger partial charge in [0.05, 0.1) is 11.8 Å². The lowest BCUT2D eigenvalue weighted by Crippen LogP contribution is -2.19. The highest BCUT2D eigenvalue weighted by Gasteiger charge is 2.08. The molecule has 0 radical (unpaired) electrons. The number of carbonyl (C=O) groups excluding carboxylic acids is 2. The zero-order chi connectivity index (χ0) is 23.5. The fourth-order valence-electron chi connectivity index (χ4n) is 3.69. The van der Waals surface area contributed by atoms with Crippen LogP contribution in [0, 0.1) is 0 Å². The zero-order valence-electron chi connectivity index (χ0n) is 17.9. The third-order valence-electron chi connectivity index (χ3n) is 5.43. The molecule has 8 heteroatoms. The van der Waals surface area contributed by atoms with Crippen LogP contribution in [0.2, 0.25) is 0 Å². The summed E-state index contributed by atoms with van der Waals surface area (Å²) in [5.41, 5.74) is 12.5. The first-order chi connectivity index (χ1) is 16.6. The number of anilines is 2. The van der Waals surface area contributed by atoms with Crippen molar-refractivity contribution in [3.05, 3.63) is 97.0 Å². The van der Waals surface area contributed by atoms with Gasteiger partial charge in [-0.25, -0.2) is 14.8 Å². The number of H-pyrrole nitrogens is 1. The Morgan fingerprint density at radius 1 is 0.706 bits per heavy atom. The molecule has 5 rings (SSSR count). The molecule has 5 N–H and O–H groups in total. The second-order valence-electron chi connectivity index (χ2n) is 7.64. The summed E-state index contributed by atoms with van der Waals surface area (Å²) in [5.74, 6) is -0.459. The Balaban J connectivity index is 1.23. The van der Waals surface area contributed by atoms with Crippen LogP contribution in [0.15, 0.2) is 91.4 Å². The molecule has 0 unspecified atom stereocenters. The van der Waals surface area contributed by atoms with Crippen LogP contribution in [0.1, 0.15) is 10.4 Å². The van der Waals surface area contributed by atoms with E-state index in [1.807, 2.05) is 66.7 Å². The number of hydrogen-bond donors (Lipinski definition) is 4. The van der Waals surface area contributed by atoms with Gasteiger partial charge in [-0.3, -0.25) is 4.79 Å². The number of carbonyl (C=O) groups is 2. The maximum absolute atomic E-state index is 12.4. The summed E-state index contributed by atoms with van der Waals surface area (Å²) in [6.07, 6.45) is 3.34. The van der Waals surface area contributed by atoms with E-state index in [2.05, 4.69) is 25.6 Å². The van der Waals surface area contributed by atoms with E-state index < -0.39 is 5.91 Å². The first-order valence-electron chi connectivity index (χ1n) is 10.5. The van der Waals surface area contributed by atoms with Gasteiger partial charge in [0.1, 0.15) is 0 Å². The fourth-order valence-corrected chi connectivity index (χ4v) is 3.69. The highest BCUT2D eigenvalue weighted by molar-refractivity contribution is 6.00. The summed E-state index contributed by atoms with van der Waals surface area (Å²) in [7, 11) is 0. The van der Waals surface area contributed by atoms with Crippen molar-refractivity contribution >= 4 is 34.5 Å². The third kappa shape index (κ3) is 4.33. The van der Waals surface area contributed by atoms with Crippen LogP contribution < -0.4 is 16.4 Å². The zero-order valence-corrected chi connectivity index (χ0v) is 17.9. The van der Waals surface area contributed by atoms with Gasteiger partial charge >= 0.3 is 6.03 Å². The van der Waals surface area contributed by atoms with Crippen LogP contribution in [0.4, 0.5) is 16.2 Å². The van der Waals surface area contributed by atoms with Crippen LogP contribution in [0.5, 0.6) is 0 Å². The van der Waals surface area contributed by atoms with Crippen LogP contribution in [-0.2, 0) is 0 Å². The van der Waals surface area contributed by atoms with Gasteiger partial charge in [-0.05, 0) is 59.2 Å². The van der Waals surface area contributed by atoms with Gasteiger partial charge < -0.3 is 21.4 Å². The van der Waals surface area contributed by atoms with E-state index in [0.717, 1.165) is 27.8 Å². The monoisotopic (exact) mass is 448 g/mol. The topological polar surface area (TPSA) is 126 Å². The molecule has 5 aromatic rings. The molecule has 0 saturated carbocycles. The average molecular weight is 448 g/mol. The molecule has 34 heavy (non-hydrogen) atoms. The summed E-state index contributed by atoms with van der Waals surface area (Å²) < 4.78 is 0. The van der Waals surface area contributed by atoms with Crippen molar-refractivity contribution in [1.82, 2.24) is 15.0 Å². The van der Waals surface area contributed by atoms with Gasteiger partial charge in [0, 0.05) is 28.7 Å². The van der Waals surface area contributed by atoms with Crippen LogP contribution in [0.25, 0.3) is 33.4 Å². The molecule has 0 spiro atoms. The van der Waals surface area contributed by atoms with E-state index in [9.17, 15) is 9.59 Å². The largest absolute Gasteiger partial charge is 0.366 e. The number of primary amides is 1. The van der Waals surface area contributed by atoms with Gasteiger partial charge in [-0.2, -0.15) is 0 Å². The molecular weight excluding hydrogens is 428 g/mol. The molecule has 0 aliphatic carbocycles. The Morgan fingerprint density at radius 2 is 1.26 bits per heavy atom. The van der Waals surface area contributed by atoms with Crippen molar-refractivity contribution in [3.8, 4) is 22.3 Å². The van der Waals surface area contributed by atoms with Crippen molar-refractivity contribution in [2.75, 3.05) is 10.6 Å². The SMILES string of the molecule is NC(=O)c1ccc(-c2ccc(NC(=O)Nc3ccc(-c4ccnc5nc[nH]c45)cc3)cc2)cc1. The molecule has 0 aliphatic heterocycles.